The van der Waals surface area contributed by atoms with Crippen molar-refractivity contribution in [2.75, 3.05) is 54.9 Å². The highest BCUT2D eigenvalue weighted by molar-refractivity contribution is 7.89. The van der Waals surface area contributed by atoms with E-state index in [1.807, 2.05) is 0 Å². The molecule has 2 fully saturated rings. The minimum absolute atomic E-state index is 0.0974. The minimum Gasteiger partial charge on any atom is -0.377 e. The summed E-state index contributed by atoms with van der Waals surface area (Å²) < 4.78 is 32.2. The molecule has 0 spiro atoms. The number of ether oxygens (including phenoxy) is 1. The van der Waals surface area contributed by atoms with E-state index in [-0.39, 0.29) is 18.0 Å². The summed E-state index contributed by atoms with van der Waals surface area (Å²) in [5.74, 6) is 1.74. The van der Waals surface area contributed by atoms with Crippen LogP contribution in [-0.4, -0.2) is 89.4 Å². The Morgan fingerprint density at radius 2 is 1.85 bits per heavy atom. The Morgan fingerprint density at radius 1 is 1.12 bits per heavy atom. The van der Waals surface area contributed by atoms with Crippen LogP contribution in [0.1, 0.15) is 26.3 Å². The third kappa shape index (κ3) is 3.89. The van der Waals surface area contributed by atoms with Gasteiger partial charge in [0.2, 0.25) is 21.9 Å². The highest BCUT2D eigenvalue weighted by Crippen LogP contribution is 2.38. The number of nitrogens with zero attached hydrogens (tertiary/aromatic N) is 7. The summed E-state index contributed by atoms with van der Waals surface area (Å²) in [5, 5.41) is -0.418. The van der Waals surface area contributed by atoms with Crippen LogP contribution in [0.4, 0.5) is 17.7 Å². The van der Waals surface area contributed by atoms with E-state index in [1.165, 1.54) is 0 Å². The lowest BCUT2D eigenvalue weighted by atomic mass is 10.1. The Hall–Kier alpha value is -2.57. The van der Waals surface area contributed by atoms with Crippen LogP contribution in [0.15, 0.2) is 12.4 Å². The Kier molecular flexibility index (Phi) is 5.61. The first-order valence-corrected chi connectivity index (χ1v) is 12.8. The van der Waals surface area contributed by atoms with Crippen molar-refractivity contribution in [3.63, 3.8) is 0 Å². The Bertz CT molecular complexity index is 1130. The highest BCUT2D eigenvalue weighted by atomic mass is 32.2. The Labute approximate surface area is 194 Å². The van der Waals surface area contributed by atoms with Crippen LogP contribution in [0.25, 0.3) is 11.3 Å². The maximum absolute atomic E-state index is 12.5. The van der Waals surface area contributed by atoms with E-state index < -0.39 is 15.3 Å². The predicted octanol–water partition coefficient (Wildman–Crippen LogP) is 0.526. The standard InChI is InChI=1S/C21H30N8O3S/c1-13(2)33(30,31)27-10-16(11-27)29-5-4-17-18(15-8-23-20(22)24-9-15)25-21(26-19(17)29)28-6-7-32-12-14(28)3/h8-9,13-14,16H,4-7,10-12H2,1-3H3,(H2,22,23,24)/t14-/m1/s1. The van der Waals surface area contributed by atoms with Gasteiger partial charge in [0, 0.05) is 49.7 Å². The Morgan fingerprint density at radius 3 is 2.52 bits per heavy atom. The van der Waals surface area contributed by atoms with Gasteiger partial charge in [0.25, 0.3) is 0 Å². The summed E-state index contributed by atoms with van der Waals surface area (Å²) in [5.41, 5.74) is 8.34. The zero-order valence-corrected chi connectivity index (χ0v) is 20.0. The van der Waals surface area contributed by atoms with Gasteiger partial charge in [-0.05, 0) is 27.2 Å². The molecule has 3 aliphatic heterocycles. The van der Waals surface area contributed by atoms with Crippen molar-refractivity contribution in [3.05, 3.63) is 18.0 Å². The first-order chi connectivity index (χ1) is 15.8. The molecule has 178 valence electrons. The van der Waals surface area contributed by atoms with Crippen molar-refractivity contribution >= 4 is 27.7 Å². The van der Waals surface area contributed by atoms with Crippen LogP contribution in [0.5, 0.6) is 0 Å². The normalized spacial score (nSPS) is 22.0. The van der Waals surface area contributed by atoms with Gasteiger partial charge in [-0.15, -0.1) is 0 Å². The van der Waals surface area contributed by atoms with Crippen LogP contribution in [0, 0.1) is 0 Å². The smallest absolute Gasteiger partial charge is 0.228 e. The average Bonchev–Trinajstić information content (AvgIpc) is 3.16. The largest absolute Gasteiger partial charge is 0.377 e. The molecule has 5 heterocycles. The van der Waals surface area contributed by atoms with Gasteiger partial charge in [0.1, 0.15) is 5.82 Å². The van der Waals surface area contributed by atoms with E-state index in [2.05, 4.69) is 26.7 Å². The van der Waals surface area contributed by atoms with E-state index in [9.17, 15) is 8.42 Å². The third-order valence-corrected chi connectivity index (χ3v) is 8.85. The molecular weight excluding hydrogens is 444 g/mol. The van der Waals surface area contributed by atoms with E-state index >= 15 is 0 Å². The SMILES string of the molecule is CC(C)S(=O)(=O)N1CC(N2CCc3c(-c4cnc(N)nc4)nc(N4CCOC[C@H]4C)nc32)C1. The van der Waals surface area contributed by atoms with Gasteiger partial charge >= 0.3 is 0 Å². The molecule has 2 aromatic rings. The van der Waals surface area contributed by atoms with Crippen LogP contribution in [-0.2, 0) is 21.2 Å². The molecule has 0 aliphatic carbocycles. The third-order valence-electron chi connectivity index (χ3n) is 6.64. The number of anilines is 3. The second-order valence-corrected chi connectivity index (χ2v) is 11.6. The zero-order valence-electron chi connectivity index (χ0n) is 19.2. The number of fused-ring (bicyclic) bond motifs is 1. The van der Waals surface area contributed by atoms with Gasteiger partial charge in [-0.2, -0.15) is 9.29 Å². The number of hydrogen-bond acceptors (Lipinski definition) is 10. The van der Waals surface area contributed by atoms with Gasteiger partial charge in [-0.1, -0.05) is 0 Å². The summed E-state index contributed by atoms with van der Waals surface area (Å²) in [6.07, 6.45) is 4.17. The van der Waals surface area contributed by atoms with Gasteiger partial charge in [0.05, 0.1) is 36.2 Å². The molecule has 3 aliphatic rings. The summed E-state index contributed by atoms with van der Waals surface area (Å²) >= 11 is 0. The van der Waals surface area contributed by atoms with Gasteiger partial charge in [-0.3, -0.25) is 0 Å². The fourth-order valence-electron chi connectivity index (χ4n) is 4.59. The molecule has 2 saturated heterocycles. The molecule has 5 rings (SSSR count). The van der Waals surface area contributed by atoms with Crippen molar-refractivity contribution in [2.24, 2.45) is 0 Å². The summed E-state index contributed by atoms with van der Waals surface area (Å²) in [6, 6.07) is 0.248. The second kappa shape index (κ2) is 8.33. The van der Waals surface area contributed by atoms with E-state index in [0.717, 1.165) is 35.6 Å². The summed E-state index contributed by atoms with van der Waals surface area (Å²) in [6.45, 7) is 9.22. The lowest BCUT2D eigenvalue weighted by Gasteiger charge is -2.44. The zero-order chi connectivity index (χ0) is 23.3. The maximum atomic E-state index is 12.5. The molecular formula is C21H30N8O3S. The molecule has 1 atom stereocenters. The Balaban J connectivity index is 1.51. The van der Waals surface area contributed by atoms with Crippen LogP contribution in [0.2, 0.25) is 0 Å². The van der Waals surface area contributed by atoms with Gasteiger partial charge < -0.3 is 20.3 Å². The topological polar surface area (TPSA) is 131 Å². The maximum Gasteiger partial charge on any atom is 0.228 e. The molecule has 2 aromatic heterocycles. The van der Waals surface area contributed by atoms with Crippen molar-refractivity contribution in [3.8, 4) is 11.3 Å². The number of nitrogens with two attached hydrogens (primary N) is 1. The number of morpholine rings is 1. The second-order valence-electron chi connectivity index (χ2n) is 9.13. The van der Waals surface area contributed by atoms with Crippen molar-refractivity contribution in [2.45, 2.75) is 44.5 Å². The molecule has 0 saturated carbocycles. The van der Waals surface area contributed by atoms with Crippen molar-refractivity contribution in [1.82, 2.24) is 24.2 Å². The molecule has 0 radical (unpaired) electrons. The molecule has 0 bridgehead atoms. The van der Waals surface area contributed by atoms with Crippen LogP contribution < -0.4 is 15.5 Å². The van der Waals surface area contributed by atoms with Gasteiger partial charge in [0.15, 0.2) is 0 Å². The molecule has 0 unspecified atom stereocenters. The predicted molar refractivity (Wildman–Crippen MR) is 126 cm³/mol. The lowest BCUT2D eigenvalue weighted by Crippen LogP contribution is -2.62. The molecule has 2 N–H and O–H groups in total. The first kappa shape index (κ1) is 22.2. The number of aromatic nitrogens is 4. The minimum atomic E-state index is -3.24. The monoisotopic (exact) mass is 474 g/mol. The first-order valence-electron chi connectivity index (χ1n) is 11.3. The average molecular weight is 475 g/mol. The summed E-state index contributed by atoms with van der Waals surface area (Å²) in [4.78, 5) is 22.6. The molecule has 0 aromatic carbocycles. The number of rotatable bonds is 5. The van der Waals surface area contributed by atoms with Crippen molar-refractivity contribution in [1.29, 1.82) is 0 Å². The molecule has 12 heteroatoms. The van der Waals surface area contributed by atoms with Crippen molar-refractivity contribution < 1.29 is 13.2 Å². The highest BCUT2D eigenvalue weighted by Gasteiger charge is 2.43. The number of hydrogen-bond donors (Lipinski definition) is 1. The fraction of sp³-hybridized carbons (Fsp3) is 0.619. The summed E-state index contributed by atoms with van der Waals surface area (Å²) in [7, 11) is -3.24. The lowest BCUT2D eigenvalue weighted by molar-refractivity contribution is 0.0981. The fourth-order valence-corrected chi connectivity index (χ4v) is 5.95. The molecule has 33 heavy (non-hydrogen) atoms. The number of nitrogen functional groups attached to an aromatic ring is 1. The van der Waals surface area contributed by atoms with Crippen LogP contribution in [0.3, 0.4) is 0 Å². The quantitative estimate of drug-likeness (QED) is 0.654. The molecule has 0 amide bonds. The van der Waals surface area contributed by atoms with E-state index in [1.54, 1.807) is 30.5 Å². The molecule has 11 nitrogen and oxygen atoms in total. The van der Waals surface area contributed by atoms with E-state index in [0.29, 0.717) is 38.8 Å². The van der Waals surface area contributed by atoms with Gasteiger partial charge in [-0.25, -0.2) is 23.4 Å². The van der Waals surface area contributed by atoms with Crippen LogP contribution >= 0.6 is 0 Å². The van der Waals surface area contributed by atoms with E-state index in [4.69, 9.17) is 20.4 Å². The number of sulfonamides is 1.